The molecule has 7 nitrogen and oxygen atoms in total. The second-order valence-electron chi connectivity index (χ2n) is 5.70. The molecule has 1 aliphatic heterocycles. The minimum Gasteiger partial charge on any atom is -0.350 e. The van der Waals surface area contributed by atoms with Crippen molar-refractivity contribution in [3.63, 3.8) is 0 Å². The molecule has 1 atom stereocenters. The predicted molar refractivity (Wildman–Crippen MR) is 91.9 cm³/mol. The van der Waals surface area contributed by atoms with E-state index in [1.54, 1.807) is 12.3 Å². The second kappa shape index (κ2) is 7.96. The van der Waals surface area contributed by atoms with Crippen LogP contribution in [0.25, 0.3) is 0 Å². The zero-order valence-corrected chi connectivity index (χ0v) is 14.1. The zero-order chi connectivity index (χ0) is 16.8. The Morgan fingerprint density at radius 2 is 2.21 bits per heavy atom. The maximum Gasteiger partial charge on any atom is 0.317 e. The number of amides is 3. The number of aromatic nitrogens is 2. The van der Waals surface area contributed by atoms with Crippen molar-refractivity contribution in [3.05, 3.63) is 40.3 Å². The molecule has 0 spiro atoms. The van der Waals surface area contributed by atoms with E-state index in [4.69, 9.17) is 0 Å². The summed E-state index contributed by atoms with van der Waals surface area (Å²) < 4.78 is 0. The molecule has 128 valence electrons. The molecule has 3 amide bonds. The van der Waals surface area contributed by atoms with Crippen molar-refractivity contribution in [1.29, 1.82) is 0 Å². The van der Waals surface area contributed by atoms with E-state index in [-0.39, 0.29) is 18.0 Å². The Morgan fingerprint density at radius 1 is 1.33 bits per heavy atom. The van der Waals surface area contributed by atoms with Crippen LogP contribution in [0.5, 0.6) is 0 Å². The average Bonchev–Trinajstić information content (AvgIpc) is 3.32. The highest BCUT2D eigenvalue weighted by atomic mass is 32.1. The molecule has 3 N–H and O–H groups in total. The summed E-state index contributed by atoms with van der Waals surface area (Å²) in [6.07, 6.45) is 6.69. The number of nitrogens with one attached hydrogen (secondary N) is 3. The molecule has 0 unspecified atom stereocenters. The van der Waals surface area contributed by atoms with Crippen molar-refractivity contribution in [2.45, 2.75) is 25.3 Å². The predicted octanol–water partition coefficient (Wildman–Crippen LogP) is 2.14. The van der Waals surface area contributed by atoms with Crippen molar-refractivity contribution in [2.75, 3.05) is 19.6 Å². The highest BCUT2D eigenvalue weighted by molar-refractivity contribution is 7.12. The first kappa shape index (κ1) is 16.5. The monoisotopic (exact) mass is 347 g/mol. The van der Waals surface area contributed by atoms with Gasteiger partial charge in [0.25, 0.3) is 5.91 Å². The number of rotatable bonds is 5. The van der Waals surface area contributed by atoms with Gasteiger partial charge in [0.2, 0.25) is 0 Å². The Morgan fingerprint density at radius 3 is 2.96 bits per heavy atom. The maximum absolute atomic E-state index is 12.5. The highest BCUT2D eigenvalue weighted by Crippen LogP contribution is 2.30. The Hall–Kier alpha value is -2.35. The Bertz CT molecular complexity index is 656. The minimum atomic E-state index is -0.103. The van der Waals surface area contributed by atoms with E-state index in [0.717, 1.165) is 31.4 Å². The van der Waals surface area contributed by atoms with Gasteiger partial charge in [-0.3, -0.25) is 9.89 Å². The summed E-state index contributed by atoms with van der Waals surface area (Å²) in [5.74, 6) is -0.103. The fourth-order valence-electron chi connectivity index (χ4n) is 2.91. The molecule has 0 radical (unpaired) electrons. The van der Waals surface area contributed by atoms with E-state index in [0.29, 0.717) is 18.0 Å². The van der Waals surface area contributed by atoms with Gasteiger partial charge in [-0.05, 0) is 30.7 Å². The Kier molecular flexibility index (Phi) is 5.47. The molecule has 0 bridgehead atoms. The van der Waals surface area contributed by atoms with Gasteiger partial charge >= 0.3 is 6.03 Å². The molecule has 3 rings (SSSR count). The van der Waals surface area contributed by atoms with E-state index in [2.05, 4.69) is 20.8 Å². The molecule has 0 aliphatic carbocycles. The van der Waals surface area contributed by atoms with Crippen molar-refractivity contribution >= 4 is 23.3 Å². The summed E-state index contributed by atoms with van der Waals surface area (Å²) in [7, 11) is 0. The van der Waals surface area contributed by atoms with Gasteiger partial charge in [-0.25, -0.2) is 4.79 Å². The van der Waals surface area contributed by atoms with Crippen LogP contribution >= 0.6 is 11.3 Å². The largest absolute Gasteiger partial charge is 0.350 e. The zero-order valence-electron chi connectivity index (χ0n) is 13.3. The Labute approximate surface area is 144 Å². The number of nitrogens with zero attached hydrogens (tertiary/aromatic N) is 2. The van der Waals surface area contributed by atoms with Gasteiger partial charge in [0.1, 0.15) is 0 Å². The molecule has 2 aromatic rings. The quantitative estimate of drug-likeness (QED) is 0.724. The van der Waals surface area contributed by atoms with Gasteiger partial charge in [-0.1, -0.05) is 6.07 Å². The summed E-state index contributed by atoms with van der Waals surface area (Å²) in [6.45, 7) is 1.56. The molecule has 24 heavy (non-hydrogen) atoms. The van der Waals surface area contributed by atoms with E-state index >= 15 is 0 Å². The summed E-state index contributed by atoms with van der Waals surface area (Å²) >= 11 is 1.40. The second-order valence-corrected chi connectivity index (χ2v) is 6.65. The first-order valence-electron chi connectivity index (χ1n) is 8.10. The molecular weight excluding hydrogens is 326 g/mol. The third-order valence-corrected chi connectivity index (χ3v) is 4.97. The van der Waals surface area contributed by atoms with Crippen LogP contribution in [-0.4, -0.2) is 46.7 Å². The fraction of sp³-hybridized carbons (Fsp3) is 0.438. The van der Waals surface area contributed by atoms with Crippen LogP contribution in [0, 0.1) is 0 Å². The number of aromatic amines is 1. The smallest absolute Gasteiger partial charge is 0.317 e. The molecule has 1 fully saturated rings. The average molecular weight is 347 g/mol. The summed E-state index contributed by atoms with van der Waals surface area (Å²) in [6, 6.07) is 3.60. The van der Waals surface area contributed by atoms with Crippen LogP contribution in [-0.2, 0) is 0 Å². The molecule has 2 aromatic heterocycles. The van der Waals surface area contributed by atoms with Crippen LogP contribution < -0.4 is 10.6 Å². The van der Waals surface area contributed by atoms with E-state index < -0.39 is 0 Å². The van der Waals surface area contributed by atoms with Gasteiger partial charge in [0.15, 0.2) is 0 Å². The molecule has 8 heteroatoms. The van der Waals surface area contributed by atoms with Crippen LogP contribution in [0.3, 0.4) is 0 Å². The number of urea groups is 1. The third-order valence-electron chi connectivity index (χ3n) is 4.10. The van der Waals surface area contributed by atoms with Gasteiger partial charge in [-0.15, -0.1) is 11.3 Å². The van der Waals surface area contributed by atoms with Crippen molar-refractivity contribution in [1.82, 2.24) is 25.7 Å². The summed E-state index contributed by atoms with van der Waals surface area (Å²) in [4.78, 5) is 26.8. The van der Waals surface area contributed by atoms with Crippen LogP contribution in [0.1, 0.15) is 40.5 Å². The summed E-state index contributed by atoms with van der Waals surface area (Å²) in [5.41, 5.74) is 1.04. The van der Waals surface area contributed by atoms with Crippen LogP contribution in [0.4, 0.5) is 4.79 Å². The highest BCUT2D eigenvalue weighted by Gasteiger charge is 2.28. The lowest BCUT2D eigenvalue weighted by Gasteiger charge is -2.35. The Balaban J connectivity index is 1.46. The first-order chi connectivity index (χ1) is 11.8. The minimum absolute atomic E-state index is 0.0678. The van der Waals surface area contributed by atoms with Gasteiger partial charge < -0.3 is 15.5 Å². The van der Waals surface area contributed by atoms with Crippen molar-refractivity contribution < 1.29 is 9.59 Å². The first-order valence-corrected chi connectivity index (χ1v) is 8.98. The summed E-state index contributed by atoms with van der Waals surface area (Å²) in [5, 5.41) is 14.3. The lowest BCUT2D eigenvalue weighted by Crippen LogP contribution is -2.46. The van der Waals surface area contributed by atoms with Crippen molar-refractivity contribution in [3.8, 4) is 0 Å². The van der Waals surface area contributed by atoms with Crippen LogP contribution in [0.2, 0.25) is 0 Å². The topological polar surface area (TPSA) is 90.1 Å². The fourth-order valence-corrected chi connectivity index (χ4v) is 3.55. The number of hydrogen-bond acceptors (Lipinski definition) is 4. The van der Waals surface area contributed by atoms with E-state index in [1.165, 1.54) is 11.3 Å². The number of thiophene rings is 1. The number of hydrogen-bond donors (Lipinski definition) is 3. The normalized spacial score (nSPS) is 17.5. The number of likely N-dealkylation sites (tertiary alicyclic amines) is 1. The molecule has 0 saturated carbocycles. The standard InChI is InChI=1S/C16H21N5O2S/c22-15(14-5-3-9-24-14)17-6-7-18-16(23)21-8-2-1-4-13(21)12-10-19-20-11-12/h3,5,9-11,13H,1-2,4,6-8H2,(H,17,22)(H,18,23)(H,19,20)/t13-/m1/s1. The van der Waals surface area contributed by atoms with E-state index in [9.17, 15) is 9.59 Å². The number of piperidine rings is 1. The maximum atomic E-state index is 12.5. The molecule has 1 aliphatic rings. The molecule has 1 saturated heterocycles. The molecule has 3 heterocycles. The van der Waals surface area contributed by atoms with Gasteiger partial charge in [0, 0.05) is 31.4 Å². The molecular formula is C16H21N5O2S. The number of carbonyl (C=O) groups excluding carboxylic acids is 2. The third kappa shape index (κ3) is 3.94. The van der Waals surface area contributed by atoms with Crippen LogP contribution in [0.15, 0.2) is 29.9 Å². The lowest BCUT2D eigenvalue weighted by atomic mass is 9.98. The number of H-pyrrole nitrogens is 1. The number of carbonyl (C=O) groups is 2. The lowest BCUT2D eigenvalue weighted by molar-refractivity contribution is 0.0957. The van der Waals surface area contributed by atoms with Gasteiger partial charge in [0.05, 0.1) is 17.1 Å². The van der Waals surface area contributed by atoms with Gasteiger partial charge in [-0.2, -0.15) is 5.10 Å². The SMILES string of the molecule is O=C(NCCNC(=O)N1CCCC[C@@H]1c1cn[nH]c1)c1cccs1. The molecule has 0 aromatic carbocycles. The van der Waals surface area contributed by atoms with Crippen molar-refractivity contribution in [2.24, 2.45) is 0 Å². The van der Waals surface area contributed by atoms with E-state index in [1.807, 2.05) is 22.5 Å².